The van der Waals surface area contributed by atoms with Gasteiger partial charge < -0.3 is 14.5 Å². The molecule has 1 aromatic heterocycles. The number of benzene rings is 3. The quantitative estimate of drug-likeness (QED) is 0.361. The SMILES string of the molecule is O=C(c1ccc(F)c(Cl)c1)N1CCN(c2nccc(-c3ccc(Oc4ccccc4)cc3)n2)CC1. The minimum Gasteiger partial charge on any atom is -0.457 e. The van der Waals surface area contributed by atoms with E-state index >= 15 is 0 Å². The van der Waals surface area contributed by atoms with Gasteiger partial charge in [-0.05, 0) is 60.7 Å². The lowest BCUT2D eigenvalue weighted by atomic mass is 10.1. The fraction of sp³-hybridized carbons (Fsp3) is 0.148. The molecule has 1 amide bonds. The Balaban J connectivity index is 1.23. The van der Waals surface area contributed by atoms with Crippen LogP contribution in [0.4, 0.5) is 10.3 Å². The topological polar surface area (TPSA) is 58.6 Å². The zero-order chi connectivity index (χ0) is 24.2. The highest BCUT2D eigenvalue weighted by Gasteiger charge is 2.24. The molecule has 1 fully saturated rings. The average Bonchev–Trinajstić information content (AvgIpc) is 2.91. The molecule has 6 nitrogen and oxygen atoms in total. The Morgan fingerprint density at radius 2 is 1.60 bits per heavy atom. The number of anilines is 1. The van der Waals surface area contributed by atoms with Crippen LogP contribution < -0.4 is 9.64 Å². The number of amides is 1. The van der Waals surface area contributed by atoms with E-state index in [1.54, 1.807) is 11.1 Å². The number of carbonyl (C=O) groups is 1. The maximum atomic E-state index is 13.4. The van der Waals surface area contributed by atoms with Crippen molar-refractivity contribution in [1.82, 2.24) is 14.9 Å². The molecule has 2 heterocycles. The van der Waals surface area contributed by atoms with Gasteiger partial charge in [0.2, 0.25) is 5.95 Å². The van der Waals surface area contributed by atoms with Crippen LogP contribution in [0, 0.1) is 5.82 Å². The lowest BCUT2D eigenvalue weighted by Gasteiger charge is -2.34. The predicted molar refractivity (Wildman–Crippen MR) is 134 cm³/mol. The minimum atomic E-state index is -0.538. The van der Waals surface area contributed by atoms with E-state index in [-0.39, 0.29) is 10.9 Å². The smallest absolute Gasteiger partial charge is 0.254 e. The number of hydrogen-bond acceptors (Lipinski definition) is 5. The number of piperazine rings is 1. The zero-order valence-corrected chi connectivity index (χ0v) is 19.5. The average molecular weight is 489 g/mol. The molecule has 1 aliphatic rings. The molecule has 1 aliphatic heterocycles. The first-order valence-corrected chi connectivity index (χ1v) is 11.6. The molecule has 0 aliphatic carbocycles. The van der Waals surface area contributed by atoms with E-state index in [2.05, 4.69) is 9.88 Å². The van der Waals surface area contributed by atoms with Crippen molar-refractivity contribution in [3.8, 4) is 22.8 Å². The molecule has 4 aromatic rings. The van der Waals surface area contributed by atoms with Crippen LogP contribution in [-0.4, -0.2) is 47.0 Å². The van der Waals surface area contributed by atoms with Gasteiger partial charge in [0.25, 0.3) is 5.91 Å². The van der Waals surface area contributed by atoms with Gasteiger partial charge in [0.1, 0.15) is 17.3 Å². The van der Waals surface area contributed by atoms with Crippen LogP contribution in [0.3, 0.4) is 0 Å². The van der Waals surface area contributed by atoms with Crippen molar-refractivity contribution >= 4 is 23.5 Å². The number of halogens is 2. The normalized spacial score (nSPS) is 13.5. The third-order valence-corrected chi connectivity index (χ3v) is 6.08. The Bertz CT molecular complexity index is 1330. The van der Waals surface area contributed by atoms with Gasteiger partial charge in [0, 0.05) is 43.5 Å². The van der Waals surface area contributed by atoms with Gasteiger partial charge in [0.05, 0.1) is 10.7 Å². The van der Waals surface area contributed by atoms with E-state index in [9.17, 15) is 9.18 Å². The third kappa shape index (κ3) is 5.25. The molecule has 35 heavy (non-hydrogen) atoms. The second-order valence-corrected chi connectivity index (χ2v) is 8.50. The first kappa shape index (κ1) is 22.8. The van der Waals surface area contributed by atoms with E-state index in [0.717, 1.165) is 22.8 Å². The number of nitrogens with zero attached hydrogens (tertiary/aromatic N) is 4. The molecule has 8 heteroatoms. The van der Waals surface area contributed by atoms with Gasteiger partial charge in [0.15, 0.2) is 0 Å². The van der Waals surface area contributed by atoms with Crippen molar-refractivity contribution in [1.29, 1.82) is 0 Å². The molecular weight excluding hydrogens is 467 g/mol. The summed E-state index contributed by atoms with van der Waals surface area (Å²) in [6.45, 7) is 2.20. The highest BCUT2D eigenvalue weighted by molar-refractivity contribution is 6.31. The molecule has 1 saturated heterocycles. The fourth-order valence-electron chi connectivity index (χ4n) is 3.90. The summed E-state index contributed by atoms with van der Waals surface area (Å²) in [7, 11) is 0. The number of carbonyl (C=O) groups excluding carboxylic acids is 1. The molecule has 0 saturated carbocycles. The summed E-state index contributed by atoms with van der Waals surface area (Å²) in [6, 6.07) is 23.3. The molecule has 0 radical (unpaired) electrons. The van der Waals surface area contributed by atoms with Crippen molar-refractivity contribution < 1.29 is 13.9 Å². The van der Waals surface area contributed by atoms with Gasteiger partial charge in [-0.2, -0.15) is 0 Å². The van der Waals surface area contributed by atoms with E-state index in [1.165, 1.54) is 18.2 Å². The molecule has 3 aromatic carbocycles. The summed E-state index contributed by atoms with van der Waals surface area (Å²) in [4.78, 5) is 25.7. The van der Waals surface area contributed by atoms with Crippen molar-refractivity contribution in [2.45, 2.75) is 0 Å². The van der Waals surface area contributed by atoms with Gasteiger partial charge in [-0.1, -0.05) is 29.8 Å². The van der Waals surface area contributed by atoms with Crippen molar-refractivity contribution in [3.63, 3.8) is 0 Å². The van der Waals surface area contributed by atoms with Crippen molar-refractivity contribution in [2.75, 3.05) is 31.1 Å². The number of para-hydroxylation sites is 1. The van der Waals surface area contributed by atoms with Crippen LogP contribution in [0.2, 0.25) is 5.02 Å². The Kier molecular flexibility index (Phi) is 6.59. The Morgan fingerprint density at radius 3 is 2.31 bits per heavy atom. The summed E-state index contributed by atoms with van der Waals surface area (Å²) in [5, 5.41) is -0.0561. The molecule has 0 atom stereocenters. The summed E-state index contributed by atoms with van der Waals surface area (Å²) < 4.78 is 19.3. The number of hydrogen-bond donors (Lipinski definition) is 0. The van der Waals surface area contributed by atoms with Gasteiger partial charge in [-0.15, -0.1) is 0 Å². The van der Waals surface area contributed by atoms with Gasteiger partial charge in [-0.25, -0.2) is 14.4 Å². The summed E-state index contributed by atoms with van der Waals surface area (Å²) in [6.07, 6.45) is 1.74. The Morgan fingerprint density at radius 1 is 0.886 bits per heavy atom. The first-order chi connectivity index (χ1) is 17.1. The van der Waals surface area contributed by atoms with Crippen molar-refractivity contribution in [3.05, 3.63) is 101 Å². The maximum Gasteiger partial charge on any atom is 0.254 e. The van der Waals surface area contributed by atoms with Crippen LogP contribution in [0.1, 0.15) is 10.4 Å². The zero-order valence-electron chi connectivity index (χ0n) is 18.8. The lowest BCUT2D eigenvalue weighted by molar-refractivity contribution is 0.0746. The first-order valence-electron chi connectivity index (χ1n) is 11.2. The van der Waals surface area contributed by atoms with Crippen LogP contribution in [0.5, 0.6) is 11.5 Å². The highest BCUT2D eigenvalue weighted by Crippen LogP contribution is 2.26. The maximum absolute atomic E-state index is 13.4. The number of rotatable bonds is 5. The molecule has 0 unspecified atom stereocenters. The standard InChI is InChI=1S/C27H22ClFN4O2/c28-23-18-20(8-11-24(23)29)26(34)32-14-16-33(17-15-32)27-30-13-12-25(31-27)19-6-9-22(10-7-19)35-21-4-2-1-3-5-21/h1-13,18H,14-17H2. The second-order valence-electron chi connectivity index (χ2n) is 8.09. The van der Waals surface area contributed by atoms with Crippen LogP contribution >= 0.6 is 11.6 Å². The predicted octanol–water partition coefficient (Wildman–Crippen LogP) is 5.69. The number of ether oxygens (including phenoxy) is 1. The number of aromatic nitrogens is 2. The lowest BCUT2D eigenvalue weighted by Crippen LogP contribution is -2.49. The van der Waals surface area contributed by atoms with Gasteiger partial charge >= 0.3 is 0 Å². The van der Waals surface area contributed by atoms with Crippen LogP contribution in [-0.2, 0) is 0 Å². The molecule has 0 spiro atoms. The van der Waals surface area contributed by atoms with E-state index in [4.69, 9.17) is 21.3 Å². The Labute approximate surface area is 207 Å². The van der Waals surface area contributed by atoms with Crippen LogP contribution in [0.15, 0.2) is 85.1 Å². The summed E-state index contributed by atoms with van der Waals surface area (Å²) >= 11 is 5.83. The molecule has 0 bridgehead atoms. The largest absolute Gasteiger partial charge is 0.457 e. The molecule has 5 rings (SSSR count). The Hall–Kier alpha value is -3.97. The summed E-state index contributed by atoms with van der Waals surface area (Å²) in [5.74, 6) is 1.44. The molecule has 0 N–H and O–H groups in total. The molecule has 176 valence electrons. The monoisotopic (exact) mass is 488 g/mol. The third-order valence-electron chi connectivity index (χ3n) is 5.79. The minimum absolute atomic E-state index is 0.0561. The van der Waals surface area contributed by atoms with E-state index in [0.29, 0.717) is 37.7 Å². The van der Waals surface area contributed by atoms with Crippen molar-refractivity contribution in [2.24, 2.45) is 0 Å². The highest BCUT2D eigenvalue weighted by atomic mass is 35.5. The second kappa shape index (κ2) is 10.1. The van der Waals surface area contributed by atoms with E-state index in [1.807, 2.05) is 60.7 Å². The van der Waals surface area contributed by atoms with Gasteiger partial charge in [-0.3, -0.25) is 4.79 Å². The summed E-state index contributed by atoms with van der Waals surface area (Å²) in [5.41, 5.74) is 2.14. The molecular formula is C27H22ClFN4O2. The van der Waals surface area contributed by atoms with Crippen LogP contribution in [0.25, 0.3) is 11.3 Å². The fourth-order valence-corrected chi connectivity index (χ4v) is 4.08. The van der Waals surface area contributed by atoms with E-state index < -0.39 is 5.82 Å².